The van der Waals surface area contributed by atoms with Gasteiger partial charge >= 0.3 is 0 Å². The van der Waals surface area contributed by atoms with Crippen molar-refractivity contribution in [3.63, 3.8) is 0 Å². The highest BCUT2D eigenvalue weighted by Crippen LogP contribution is 2.48. The summed E-state index contributed by atoms with van der Waals surface area (Å²) in [7, 11) is 2.18. The van der Waals surface area contributed by atoms with Crippen molar-refractivity contribution in [1.29, 1.82) is 0 Å². The zero-order valence-corrected chi connectivity index (χ0v) is 22.4. The summed E-state index contributed by atoms with van der Waals surface area (Å²) in [6.07, 6.45) is 2.22. The molecule has 0 unspecified atom stereocenters. The van der Waals surface area contributed by atoms with Gasteiger partial charge in [0.15, 0.2) is 6.20 Å². The molecule has 3 heteroatoms. The smallest absolute Gasteiger partial charge is 0.238 e. The van der Waals surface area contributed by atoms with Crippen molar-refractivity contribution in [2.24, 2.45) is 7.05 Å². The van der Waals surface area contributed by atoms with Gasteiger partial charge in [0.25, 0.3) is 0 Å². The molecule has 4 heterocycles. The molecule has 0 amide bonds. The SMILES string of the molecule is Cc1cccc2c1-c1c3c(cc[n+]1C)c1ccccc1n3-c1cc3c4ccccc4n(-c4ccccc4)c3cc1-2. The second-order valence-corrected chi connectivity index (χ2v) is 11.0. The molecule has 0 atom stereocenters. The van der Waals surface area contributed by atoms with Crippen molar-refractivity contribution < 1.29 is 4.57 Å². The quantitative estimate of drug-likeness (QED) is 0.195. The number of fused-ring (bicyclic) bond motifs is 11. The molecule has 0 saturated heterocycles. The Morgan fingerprint density at radius 2 is 1.25 bits per heavy atom. The van der Waals surface area contributed by atoms with E-state index in [-0.39, 0.29) is 0 Å². The summed E-state index contributed by atoms with van der Waals surface area (Å²) in [6, 6.07) is 42.3. The molecular weight excluding hydrogens is 486 g/mol. The van der Waals surface area contributed by atoms with Crippen molar-refractivity contribution in [3.05, 3.63) is 127 Å². The first-order chi connectivity index (χ1) is 19.7. The lowest BCUT2D eigenvalue weighted by Gasteiger charge is -2.15. The number of pyridine rings is 1. The van der Waals surface area contributed by atoms with Gasteiger partial charge in [-0.3, -0.25) is 0 Å². The van der Waals surface area contributed by atoms with Gasteiger partial charge in [0.2, 0.25) is 5.69 Å². The van der Waals surface area contributed by atoms with E-state index in [4.69, 9.17) is 0 Å². The van der Waals surface area contributed by atoms with E-state index in [1.165, 1.54) is 82.9 Å². The zero-order chi connectivity index (χ0) is 26.5. The summed E-state index contributed by atoms with van der Waals surface area (Å²) in [5.41, 5.74) is 13.7. The Kier molecular flexibility index (Phi) is 4.19. The summed E-state index contributed by atoms with van der Waals surface area (Å²) >= 11 is 0. The molecule has 8 aromatic rings. The van der Waals surface area contributed by atoms with Gasteiger partial charge in [-0.15, -0.1) is 0 Å². The largest absolute Gasteiger partial charge is 0.309 e. The third kappa shape index (κ3) is 2.66. The van der Waals surface area contributed by atoms with E-state index >= 15 is 0 Å². The van der Waals surface area contributed by atoms with Crippen LogP contribution in [0, 0.1) is 6.92 Å². The fourth-order valence-electron chi connectivity index (χ4n) is 7.11. The molecule has 0 fully saturated rings. The topological polar surface area (TPSA) is 13.7 Å². The van der Waals surface area contributed by atoms with Crippen molar-refractivity contribution in [2.75, 3.05) is 0 Å². The van der Waals surface area contributed by atoms with Crippen LogP contribution in [0.2, 0.25) is 0 Å². The number of aromatic nitrogens is 3. The number of rotatable bonds is 1. The minimum atomic E-state index is 1.18. The average Bonchev–Trinajstić information content (AvgIpc) is 3.45. The highest BCUT2D eigenvalue weighted by molar-refractivity contribution is 6.17. The molecule has 0 aliphatic carbocycles. The van der Waals surface area contributed by atoms with Crippen LogP contribution >= 0.6 is 0 Å². The van der Waals surface area contributed by atoms with Gasteiger partial charge < -0.3 is 9.13 Å². The summed E-state index contributed by atoms with van der Waals surface area (Å²) in [5, 5.41) is 5.11. The van der Waals surface area contributed by atoms with Crippen LogP contribution in [-0.2, 0) is 7.05 Å². The molecule has 0 bridgehead atoms. The lowest BCUT2D eigenvalue weighted by molar-refractivity contribution is -0.659. The Morgan fingerprint density at radius 3 is 2.05 bits per heavy atom. The summed E-state index contributed by atoms with van der Waals surface area (Å²) < 4.78 is 7.24. The van der Waals surface area contributed by atoms with Crippen molar-refractivity contribution in [3.8, 4) is 33.8 Å². The minimum Gasteiger partial charge on any atom is -0.309 e. The Labute approximate surface area is 231 Å². The Balaban J connectivity index is 1.56. The van der Waals surface area contributed by atoms with E-state index in [1.807, 2.05) is 0 Å². The molecule has 3 nitrogen and oxygen atoms in total. The van der Waals surface area contributed by atoms with E-state index < -0.39 is 0 Å². The molecule has 0 saturated carbocycles. The number of aryl methyl sites for hydroxylation is 2. The fraction of sp³-hybridized carbons (Fsp3) is 0.0541. The van der Waals surface area contributed by atoms with Crippen molar-refractivity contribution >= 4 is 43.6 Å². The Hall–Kier alpha value is -5.15. The molecule has 1 aliphatic rings. The molecule has 5 aromatic carbocycles. The number of hydrogen-bond donors (Lipinski definition) is 0. The number of para-hydroxylation sites is 3. The average molecular weight is 513 g/mol. The van der Waals surface area contributed by atoms with Crippen LogP contribution in [0.25, 0.3) is 77.4 Å². The molecular formula is C37H26N3+. The number of benzene rings is 5. The molecule has 3 aromatic heterocycles. The third-order valence-electron chi connectivity index (χ3n) is 8.80. The first kappa shape index (κ1) is 21.7. The maximum Gasteiger partial charge on any atom is 0.238 e. The van der Waals surface area contributed by atoms with Gasteiger partial charge in [0.05, 0.1) is 27.8 Å². The lowest BCUT2D eigenvalue weighted by Crippen LogP contribution is -2.31. The highest BCUT2D eigenvalue weighted by atomic mass is 15.0. The Bertz CT molecular complexity index is 2330. The van der Waals surface area contributed by atoms with Crippen LogP contribution in [0.15, 0.2) is 121 Å². The monoisotopic (exact) mass is 512 g/mol. The summed E-state index contributed by atoms with van der Waals surface area (Å²) in [6.45, 7) is 2.25. The third-order valence-corrected chi connectivity index (χ3v) is 8.80. The predicted molar refractivity (Wildman–Crippen MR) is 165 cm³/mol. The highest BCUT2D eigenvalue weighted by Gasteiger charge is 2.31. The van der Waals surface area contributed by atoms with E-state index in [9.17, 15) is 0 Å². The minimum absolute atomic E-state index is 1.18. The van der Waals surface area contributed by atoms with Crippen LogP contribution in [0.1, 0.15) is 5.56 Å². The second kappa shape index (κ2) is 7.71. The summed E-state index contributed by atoms with van der Waals surface area (Å²) in [4.78, 5) is 0. The van der Waals surface area contributed by atoms with Crippen LogP contribution < -0.4 is 4.57 Å². The molecule has 0 radical (unpaired) electrons. The molecule has 40 heavy (non-hydrogen) atoms. The van der Waals surface area contributed by atoms with Gasteiger partial charge in [-0.2, -0.15) is 4.57 Å². The first-order valence-corrected chi connectivity index (χ1v) is 13.9. The first-order valence-electron chi connectivity index (χ1n) is 13.9. The van der Waals surface area contributed by atoms with Gasteiger partial charge in [0.1, 0.15) is 12.6 Å². The standard InChI is InChI=1S/C37H26N3/c1-23-11-10-16-27-30-22-33-29(26-15-7-8-17-31(26)39(33)24-12-4-3-5-13-24)21-34(30)40-32-18-9-6-14-25(32)28-19-20-38(2)37(35(23)27)36(28)40/h3-22H,1-2H3/q+1. The molecule has 188 valence electrons. The predicted octanol–water partition coefficient (Wildman–Crippen LogP) is 8.66. The lowest BCUT2D eigenvalue weighted by atomic mass is 9.92. The second-order valence-electron chi connectivity index (χ2n) is 11.0. The summed E-state index contributed by atoms with van der Waals surface area (Å²) in [5.74, 6) is 0. The maximum absolute atomic E-state index is 2.52. The van der Waals surface area contributed by atoms with Crippen molar-refractivity contribution in [1.82, 2.24) is 9.13 Å². The van der Waals surface area contributed by atoms with Gasteiger partial charge in [-0.05, 0) is 54.4 Å². The molecule has 0 N–H and O–H groups in total. The van der Waals surface area contributed by atoms with Gasteiger partial charge in [0, 0.05) is 38.9 Å². The zero-order valence-electron chi connectivity index (χ0n) is 22.4. The van der Waals surface area contributed by atoms with Crippen LogP contribution in [0.5, 0.6) is 0 Å². The van der Waals surface area contributed by atoms with E-state index in [0.717, 1.165) is 0 Å². The Morgan fingerprint density at radius 1 is 0.550 bits per heavy atom. The van der Waals surface area contributed by atoms with Crippen LogP contribution in [-0.4, -0.2) is 9.13 Å². The van der Waals surface area contributed by atoms with Gasteiger partial charge in [-0.1, -0.05) is 72.8 Å². The van der Waals surface area contributed by atoms with Gasteiger partial charge in [-0.25, -0.2) is 0 Å². The number of nitrogens with zero attached hydrogens (tertiary/aromatic N) is 3. The normalized spacial score (nSPS) is 12.2. The van der Waals surface area contributed by atoms with Crippen LogP contribution in [0.3, 0.4) is 0 Å². The molecule has 0 spiro atoms. The van der Waals surface area contributed by atoms with E-state index in [0.29, 0.717) is 0 Å². The van der Waals surface area contributed by atoms with E-state index in [1.54, 1.807) is 0 Å². The van der Waals surface area contributed by atoms with Crippen molar-refractivity contribution in [2.45, 2.75) is 6.92 Å². The van der Waals surface area contributed by atoms with Crippen LogP contribution in [0.4, 0.5) is 0 Å². The van der Waals surface area contributed by atoms with E-state index in [2.05, 4.69) is 149 Å². The maximum atomic E-state index is 2.52. The number of hydrogen-bond acceptors (Lipinski definition) is 0. The fourth-order valence-corrected chi connectivity index (χ4v) is 7.11. The molecule has 9 rings (SSSR count). The molecule has 1 aliphatic heterocycles.